The fourth-order valence-corrected chi connectivity index (χ4v) is 3.11. The number of rotatable bonds is 5. The molecule has 3 aromatic carbocycles. The van der Waals surface area contributed by atoms with Crippen molar-refractivity contribution in [2.24, 2.45) is 0 Å². The summed E-state index contributed by atoms with van der Waals surface area (Å²) < 4.78 is 20.9. The number of hydrogen-bond acceptors (Lipinski definition) is 2. The van der Waals surface area contributed by atoms with Crippen molar-refractivity contribution in [2.75, 3.05) is 0 Å². The Kier molecular flexibility index (Phi) is 6.05. The van der Waals surface area contributed by atoms with Crippen molar-refractivity contribution >= 4 is 27.6 Å². The number of nitriles is 1. The van der Waals surface area contributed by atoms with E-state index in [0.717, 1.165) is 10.0 Å². The van der Waals surface area contributed by atoms with Crippen LogP contribution in [0, 0.1) is 24.1 Å². The Bertz CT molecular complexity index is 1040. The maximum absolute atomic E-state index is 14.1. The summed E-state index contributed by atoms with van der Waals surface area (Å²) in [5, 5.41) is 9.53. The fraction of sp³-hybridized carbons (Fsp3) is 0.0870. The van der Waals surface area contributed by atoms with Gasteiger partial charge < -0.3 is 4.74 Å². The molecule has 0 fully saturated rings. The molecule has 0 aromatic heterocycles. The van der Waals surface area contributed by atoms with Crippen LogP contribution in [-0.2, 0) is 6.61 Å². The Hall–Kier alpha value is -2.90. The average molecular weight is 422 g/mol. The van der Waals surface area contributed by atoms with Crippen LogP contribution in [0.15, 0.2) is 71.2 Å². The Morgan fingerprint density at radius 1 is 1.11 bits per heavy atom. The van der Waals surface area contributed by atoms with Crippen LogP contribution in [-0.4, -0.2) is 0 Å². The third-order valence-electron chi connectivity index (χ3n) is 4.03. The standard InChI is InChI=1S/C23H17BrFNO/c1-16-5-4-6-17(11-16)15-27-23-10-9-20(24)13-18(23)12-19(14-26)21-7-2-3-8-22(21)25/h2-13H,15H2,1H3. The molecule has 0 spiro atoms. The van der Waals surface area contributed by atoms with Gasteiger partial charge in [-0.1, -0.05) is 64.0 Å². The molecular formula is C23H17BrFNO. The van der Waals surface area contributed by atoms with Gasteiger partial charge in [0, 0.05) is 15.6 Å². The second kappa shape index (κ2) is 8.66. The molecule has 0 aliphatic carbocycles. The SMILES string of the molecule is Cc1cccc(COc2ccc(Br)cc2C=C(C#N)c2ccccc2F)c1. The number of ether oxygens (including phenoxy) is 1. The van der Waals surface area contributed by atoms with Gasteiger partial charge in [0.2, 0.25) is 0 Å². The van der Waals surface area contributed by atoms with Crippen molar-refractivity contribution in [2.45, 2.75) is 13.5 Å². The maximum Gasteiger partial charge on any atom is 0.131 e. The summed E-state index contributed by atoms with van der Waals surface area (Å²) in [7, 11) is 0. The highest BCUT2D eigenvalue weighted by molar-refractivity contribution is 9.10. The molecule has 0 unspecified atom stereocenters. The number of halogens is 2. The lowest BCUT2D eigenvalue weighted by atomic mass is 10.0. The van der Waals surface area contributed by atoms with Crippen molar-refractivity contribution in [3.8, 4) is 11.8 Å². The Balaban J connectivity index is 1.94. The van der Waals surface area contributed by atoms with E-state index >= 15 is 0 Å². The van der Waals surface area contributed by atoms with E-state index in [-0.39, 0.29) is 11.1 Å². The van der Waals surface area contributed by atoms with E-state index in [1.165, 1.54) is 11.6 Å². The van der Waals surface area contributed by atoms with Gasteiger partial charge in [0.1, 0.15) is 18.2 Å². The monoisotopic (exact) mass is 421 g/mol. The molecule has 3 aromatic rings. The number of hydrogen-bond donors (Lipinski definition) is 0. The van der Waals surface area contributed by atoms with E-state index in [9.17, 15) is 9.65 Å². The lowest BCUT2D eigenvalue weighted by molar-refractivity contribution is 0.305. The van der Waals surface area contributed by atoms with Crippen LogP contribution in [0.3, 0.4) is 0 Å². The number of allylic oxidation sites excluding steroid dienone is 1. The third-order valence-corrected chi connectivity index (χ3v) is 4.53. The molecule has 3 rings (SSSR count). The first-order valence-electron chi connectivity index (χ1n) is 8.41. The second-order valence-electron chi connectivity index (χ2n) is 6.11. The van der Waals surface area contributed by atoms with Crippen molar-refractivity contribution in [1.29, 1.82) is 5.26 Å². The smallest absolute Gasteiger partial charge is 0.131 e. The predicted molar refractivity (Wildman–Crippen MR) is 110 cm³/mol. The first-order valence-corrected chi connectivity index (χ1v) is 9.21. The molecule has 0 atom stereocenters. The number of aryl methyl sites for hydroxylation is 1. The molecular weight excluding hydrogens is 405 g/mol. The zero-order valence-corrected chi connectivity index (χ0v) is 16.3. The zero-order chi connectivity index (χ0) is 19.2. The van der Waals surface area contributed by atoms with Gasteiger partial charge in [-0.15, -0.1) is 0 Å². The van der Waals surface area contributed by atoms with Crippen LogP contribution >= 0.6 is 15.9 Å². The van der Waals surface area contributed by atoms with Crippen molar-refractivity contribution in [3.63, 3.8) is 0 Å². The van der Waals surface area contributed by atoms with Gasteiger partial charge in [0.15, 0.2) is 0 Å². The number of benzene rings is 3. The quantitative estimate of drug-likeness (QED) is 0.346. The molecule has 0 heterocycles. The van der Waals surface area contributed by atoms with Gasteiger partial charge in [0.05, 0.1) is 11.6 Å². The summed E-state index contributed by atoms with van der Waals surface area (Å²) in [5.74, 6) is 0.200. The van der Waals surface area contributed by atoms with E-state index in [0.29, 0.717) is 17.9 Å². The van der Waals surface area contributed by atoms with Gasteiger partial charge >= 0.3 is 0 Å². The molecule has 4 heteroatoms. The summed E-state index contributed by atoms with van der Waals surface area (Å²) in [6, 6.07) is 22.0. The first-order chi connectivity index (χ1) is 13.1. The van der Waals surface area contributed by atoms with Gasteiger partial charge in [0.25, 0.3) is 0 Å². The maximum atomic E-state index is 14.1. The van der Waals surface area contributed by atoms with Crippen molar-refractivity contribution in [3.05, 3.63) is 99.3 Å². The van der Waals surface area contributed by atoms with Crippen LogP contribution in [0.1, 0.15) is 22.3 Å². The molecule has 2 nitrogen and oxygen atoms in total. The predicted octanol–water partition coefficient (Wildman–Crippen LogP) is 6.54. The lowest BCUT2D eigenvalue weighted by Crippen LogP contribution is -1.98. The summed E-state index contributed by atoms with van der Waals surface area (Å²) in [5.41, 5.74) is 3.44. The highest BCUT2D eigenvalue weighted by Crippen LogP contribution is 2.29. The van der Waals surface area contributed by atoms with E-state index in [1.807, 2.05) is 43.3 Å². The minimum atomic E-state index is -0.428. The lowest BCUT2D eigenvalue weighted by Gasteiger charge is -2.11. The second-order valence-corrected chi connectivity index (χ2v) is 7.03. The van der Waals surface area contributed by atoms with Crippen LogP contribution in [0.5, 0.6) is 5.75 Å². The molecule has 0 radical (unpaired) electrons. The van der Waals surface area contributed by atoms with Crippen LogP contribution < -0.4 is 4.74 Å². The topological polar surface area (TPSA) is 33.0 Å². The third kappa shape index (κ3) is 4.84. The first kappa shape index (κ1) is 18.9. The van der Waals surface area contributed by atoms with Gasteiger partial charge in [-0.05, 0) is 42.8 Å². The molecule has 0 amide bonds. The highest BCUT2D eigenvalue weighted by Gasteiger charge is 2.10. The number of nitrogens with zero attached hydrogens (tertiary/aromatic N) is 1. The highest BCUT2D eigenvalue weighted by atomic mass is 79.9. The van der Waals surface area contributed by atoms with Gasteiger partial charge in [-0.25, -0.2) is 4.39 Å². The summed E-state index contributed by atoms with van der Waals surface area (Å²) in [4.78, 5) is 0. The Morgan fingerprint density at radius 2 is 1.93 bits per heavy atom. The van der Waals surface area contributed by atoms with Gasteiger partial charge in [-0.2, -0.15) is 5.26 Å². The van der Waals surface area contributed by atoms with Crippen molar-refractivity contribution in [1.82, 2.24) is 0 Å². The van der Waals surface area contributed by atoms with Crippen LogP contribution in [0.25, 0.3) is 11.6 Å². The van der Waals surface area contributed by atoms with Crippen LogP contribution in [0.2, 0.25) is 0 Å². The largest absolute Gasteiger partial charge is 0.488 e. The average Bonchev–Trinajstić information content (AvgIpc) is 2.66. The summed E-state index contributed by atoms with van der Waals surface area (Å²) in [6.07, 6.45) is 1.65. The van der Waals surface area contributed by atoms with Gasteiger partial charge in [-0.3, -0.25) is 0 Å². The summed E-state index contributed by atoms with van der Waals surface area (Å²) in [6.45, 7) is 2.44. The Labute approximate surface area is 166 Å². The molecule has 134 valence electrons. The molecule has 0 N–H and O–H groups in total. The van der Waals surface area contributed by atoms with Crippen molar-refractivity contribution < 1.29 is 9.13 Å². The van der Waals surface area contributed by atoms with E-state index in [1.54, 1.807) is 24.3 Å². The normalized spacial score (nSPS) is 11.1. The van der Waals surface area contributed by atoms with E-state index in [2.05, 4.69) is 28.1 Å². The van der Waals surface area contributed by atoms with E-state index in [4.69, 9.17) is 4.74 Å². The zero-order valence-electron chi connectivity index (χ0n) is 14.7. The molecule has 27 heavy (non-hydrogen) atoms. The molecule has 0 saturated heterocycles. The molecule has 0 bridgehead atoms. The molecule has 0 saturated carbocycles. The van der Waals surface area contributed by atoms with E-state index < -0.39 is 5.82 Å². The fourth-order valence-electron chi connectivity index (χ4n) is 2.73. The molecule has 0 aliphatic heterocycles. The minimum Gasteiger partial charge on any atom is -0.488 e. The Morgan fingerprint density at radius 3 is 2.67 bits per heavy atom. The van der Waals surface area contributed by atoms with Crippen LogP contribution in [0.4, 0.5) is 4.39 Å². The minimum absolute atomic E-state index is 0.242. The summed E-state index contributed by atoms with van der Waals surface area (Å²) >= 11 is 3.44. The molecule has 0 aliphatic rings.